The molecule has 0 aliphatic heterocycles. The number of nitrogens with two attached hydrogens (primary N) is 1. The smallest absolute Gasteiger partial charge is 0.228 e. The van der Waals surface area contributed by atoms with Gasteiger partial charge in [0.25, 0.3) is 0 Å². The molecule has 1 atom stereocenters. The molecule has 0 aliphatic rings. The highest BCUT2D eigenvalue weighted by molar-refractivity contribution is 5.93. The van der Waals surface area contributed by atoms with Gasteiger partial charge in [-0.25, -0.2) is 0 Å². The van der Waals surface area contributed by atoms with Crippen LogP contribution in [0.5, 0.6) is 5.75 Å². The fraction of sp³-hybridized carbons (Fsp3) is 0.462. The van der Waals surface area contributed by atoms with Crippen molar-refractivity contribution in [3.05, 3.63) is 23.8 Å². The van der Waals surface area contributed by atoms with Gasteiger partial charge >= 0.3 is 0 Å². The van der Waals surface area contributed by atoms with Crippen LogP contribution in [0.1, 0.15) is 19.4 Å². The van der Waals surface area contributed by atoms with Crippen LogP contribution < -0.4 is 15.8 Å². The Kier molecular flexibility index (Phi) is 4.97. The summed E-state index contributed by atoms with van der Waals surface area (Å²) in [7, 11) is 0. The average molecular weight is 236 g/mol. The molecule has 0 bridgehead atoms. The summed E-state index contributed by atoms with van der Waals surface area (Å²) in [5.41, 5.74) is 7.25. The topological polar surface area (TPSA) is 64.3 Å². The number of anilines is 1. The number of carbonyl (C=O) groups is 1. The standard InChI is InChI=1S/C13H20N2O2/c1-4-17-12-7-9(2)5-6-11(12)15-13(16)10(3)8-14/h5-7,10H,4,8,14H2,1-3H3,(H,15,16). The van der Waals surface area contributed by atoms with Crippen LogP contribution in [0.4, 0.5) is 5.69 Å². The van der Waals surface area contributed by atoms with Gasteiger partial charge in [-0.05, 0) is 31.5 Å². The van der Waals surface area contributed by atoms with E-state index in [0.29, 0.717) is 24.6 Å². The van der Waals surface area contributed by atoms with Gasteiger partial charge in [-0.3, -0.25) is 4.79 Å². The first-order valence-electron chi connectivity index (χ1n) is 5.82. The molecule has 0 heterocycles. The van der Waals surface area contributed by atoms with E-state index in [-0.39, 0.29) is 11.8 Å². The Bertz CT molecular complexity index is 391. The Morgan fingerprint density at radius 1 is 1.53 bits per heavy atom. The molecule has 0 aliphatic carbocycles. The van der Waals surface area contributed by atoms with E-state index < -0.39 is 0 Å². The summed E-state index contributed by atoms with van der Waals surface area (Å²) >= 11 is 0. The Morgan fingerprint density at radius 3 is 2.82 bits per heavy atom. The second-order valence-corrected chi connectivity index (χ2v) is 4.06. The molecule has 0 saturated carbocycles. The van der Waals surface area contributed by atoms with Gasteiger partial charge in [-0.15, -0.1) is 0 Å². The van der Waals surface area contributed by atoms with Gasteiger partial charge in [0, 0.05) is 12.5 Å². The fourth-order valence-electron chi connectivity index (χ4n) is 1.37. The van der Waals surface area contributed by atoms with Crippen molar-refractivity contribution in [3.63, 3.8) is 0 Å². The van der Waals surface area contributed by atoms with Crippen LogP contribution >= 0.6 is 0 Å². The molecular weight excluding hydrogens is 216 g/mol. The SMILES string of the molecule is CCOc1cc(C)ccc1NC(=O)C(C)CN. The molecule has 0 aromatic heterocycles. The first kappa shape index (κ1) is 13.5. The minimum Gasteiger partial charge on any atom is -0.492 e. The predicted molar refractivity (Wildman–Crippen MR) is 69.2 cm³/mol. The molecule has 4 heteroatoms. The molecule has 3 N–H and O–H groups in total. The Morgan fingerprint density at radius 2 is 2.24 bits per heavy atom. The van der Waals surface area contributed by atoms with Crippen molar-refractivity contribution in [1.82, 2.24) is 0 Å². The quantitative estimate of drug-likeness (QED) is 0.821. The van der Waals surface area contributed by atoms with Crippen LogP contribution in [0.3, 0.4) is 0 Å². The lowest BCUT2D eigenvalue weighted by Gasteiger charge is -2.14. The van der Waals surface area contributed by atoms with E-state index in [9.17, 15) is 4.79 Å². The average Bonchev–Trinajstić information content (AvgIpc) is 2.31. The summed E-state index contributed by atoms with van der Waals surface area (Å²) in [6, 6.07) is 5.69. The van der Waals surface area contributed by atoms with Crippen molar-refractivity contribution < 1.29 is 9.53 Å². The highest BCUT2D eigenvalue weighted by Crippen LogP contribution is 2.26. The van der Waals surface area contributed by atoms with E-state index in [2.05, 4.69) is 5.32 Å². The van der Waals surface area contributed by atoms with Gasteiger partial charge in [0.15, 0.2) is 0 Å². The molecule has 1 amide bonds. The number of hydrogen-bond acceptors (Lipinski definition) is 3. The molecule has 17 heavy (non-hydrogen) atoms. The third-order valence-electron chi connectivity index (χ3n) is 2.50. The van der Waals surface area contributed by atoms with Crippen LogP contribution in [-0.4, -0.2) is 19.1 Å². The third-order valence-corrected chi connectivity index (χ3v) is 2.50. The summed E-state index contributed by atoms with van der Waals surface area (Å²) in [6.45, 7) is 6.59. The number of aryl methyl sites for hydroxylation is 1. The van der Waals surface area contributed by atoms with Crippen molar-refractivity contribution in [2.45, 2.75) is 20.8 Å². The summed E-state index contributed by atoms with van der Waals surface area (Å²) in [6.07, 6.45) is 0. The maximum absolute atomic E-state index is 11.7. The molecule has 1 aromatic carbocycles. The van der Waals surface area contributed by atoms with Crippen LogP contribution in [0.15, 0.2) is 18.2 Å². The molecule has 94 valence electrons. The number of hydrogen-bond donors (Lipinski definition) is 2. The van der Waals surface area contributed by atoms with Crippen LogP contribution in [0.2, 0.25) is 0 Å². The highest BCUT2D eigenvalue weighted by atomic mass is 16.5. The zero-order chi connectivity index (χ0) is 12.8. The Labute approximate surface area is 102 Å². The number of carbonyl (C=O) groups excluding carboxylic acids is 1. The van der Waals surface area contributed by atoms with E-state index >= 15 is 0 Å². The lowest BCUT2D eigenvalue weighted by molar-refractivity contribution is -0.119. The second-order valence-electron chi connectivity index (χ2n) is 4.06. The van der Waals surface area contributed by atoms with Gasteiger partial charge in [-0.1, -0.05) is 13.0 Å². The van der Waals surface area contributed by atoms with Gasteiger partial charge in [0.05, 0.1) is 12.3 Å². The molecule has 1 unspecified atom stereocenters. The van der Waals surface area contributed by atoms with Crippen LogP contribution in [0, 0.1) is 12.8 Å². The van der Waals surface area contributed by atoms with E-state index in [0.717, 1.165) is 5.56 Å². The van der Waals surface area contributed by atoms with E-state index in [1.165, 1.54) is 0 Å². The molecule has 0 spiro atoms. The molecule has 0 fully saturated rings. The molecular formula is C13H20N2O2. The van der Waals surface area contributed by atoms with Gasteiger partial charge in [0.2, 0.25) is 5.91 Å². The largest absolute Gasteiger partial charge is 0.492 e. The third kappa shape index (κ3) is 3.75. The van der Waals surface area contributed by atoms with E-state index in [1.807, 2.05) is 32.0 Å². The number of benzene rings is 1. The summed E-state index contributed by atoms with van der Waals surface area (Å²) in [5.74, 6) is 0.410. The minimum absolute atomic E-state index is 0.0858. The fourth-order valence-corrected chi connectivity index (χ4v) is 1.37. The maximum Gasteiger partial charge on any atom is 0.228 e. The number of amides is 1. The van der Waals surface area contributed by atoms with E-state index in [4.69, 9.17) is 10.5 Å². The minimum atomic E-state index is -0.203. The van der Waals surface area contributed by atoms with Crippen molar-refractivity contribution in [2.75, 3.05) is 18.5 Å². The van der Waals surface area contributed by atoms with Gasteiger partial charge in [-0.2, -0.15) is 0 Å². The van der Waals surface area contributed by atoms with Crippen molar-refractivity contribution in [1.29, 1.82) is 0 Å². The monoisotopic (exact) mass is 236 g/mol. The highest BCUT2D eigenvalue weighted by Gasteiger charge is 2.13. The lowest BCUT2D eigenvalue weighted by Crippen LogP contribution is -2.26. The van der Waals surface area contributed by atoms with Crippen molar-refractivity contribution in [3.8, 4) is 5.75 Å². The van der Waals surface area contributed by atoms with E-state index in [1.54, 1.807) is 6.92 Å². The van der Waals surface area contributed by atoms with Crippen molar-refractivity contribution >= 4 is 11.6 Å². The number of nitrogens with one attached hydrogen (secondary N) is 1. The first-order valence-corrected chi connectivity index (χ1v) is 5.82. The molecule has 0 radical (unpaired) electrons. The van der Waals surface area contributed by atoms with Gasteiger partial charge < -0.3 is 15.8 Å². The Balaban J connectivity index is 2.86. The number of rotatable bonds is 5. The van der Waals surface area contributed by atoms with Crippen LogP contribution in [0.25, 0.3) is 0 Å². The molecule has 0 saturated heterocycles. The summed E-state index contributed by atoms with van der Waals surface area (Å²) < 4.78 is 5.49. The molecule has 4 nitrogen and oxygen atoms in total. The predicted octanol–water partition coefficient (Wildman–Crippen LogP) is 1.93. The van der Waals surface area contributed by atoms with Crippen molar-refractivity contribution in [2.24, 2.45) is 11.7 Å². The molecule has 1 aromatic rings. The first-order chi connectivity index (χ1) is 8.08. The lowest BCUT2D eigenvalue weighted by atomic mass is 10.1. The summed E-state index contributed by atoms with van der Waals surface area (Å²) in [5, 5.41) is 2.83. The van der Waals surface area contributed by atoms with Crippen LogP contribution in [-0.2, 0) is 4.79 Å². The zero-order valence-corrected chi connectivity index (χ0v) is 10.6. The summed E-state index contributed by atoms with van der Waals surface area (Å²) in [4.78, 5) is 11.7. The molecule has 1 rings (SSSR count). The maximum atomic E-state index is 11.7. The Hall–Kier alpha value is -1.55. The second kappa shape index (κ2) is 6.25. The number of ether oxygens (including phenoxy) is 1. The normalized spacial score (nSPS) is 12.0. The van der Waals surface area contributed by atoms with Gasteiger partial charge in [0.1, 0.15) is 5.75 Å². The zero-order valence-electron chi connectivity index (χ0n) is 10.6.